The monoisotopic (exact) mass is 237 g/mol. The van der Waals surface area contributed by atoms with Gasteiger partial charge in [0, 0.05) is 37.4 Å². The highest BCUT2D eigenvalue weighted by atomic mass is 16.5. The van der Waals surface area contributed by atoms with Gasteiger partial charge in [-0.15, -0.1) is 0 Å². The Bertz CT molecular complexity index is 376. The number of rotatable bonds is 5. The standard InChI is InChI=1S/C13H23N3O/c1-5-13(3)10(9-11(13)17-6-2)14-12-7-8-16(4)15-12/h7-8,10-11H,5-6,9H2,1-4H3,(H,14,15). The lowest BCUT2D eigenvalue weighted by Crippen LogP contribution is -2.59. The van der Waals surface area contributed by atoms with Gasteiger partial charge in [-0.05, 0) is 19.8 Å². The molecule has 17 heavy (non-hydrogen) atoms. The van der Waals surface area contributed by atoms with Gasteiger partial charge in [0.2, 0.25) is 0 Å². The lowest BCUT2D eigenvalue weighted by molar-refractivity contribution is -0.109. The second kappa shape index (κ2) is 4.69. The number of anilines is 1. The van der Waals surface area contributed by atoms with Gasteiger partial charge in [-0.25, -0.2) is 0 Å². The zero-order chi connectivity index (χ0) is 12.5. The normalized spacial score (nSPS) is 32.2. The van der Waals surface area contributed by atoms with Crippen LogP contribution < -0.4 is 5.32 Å². The Kier molecular flexibility index (Phi) is 3.43. The molecule has 1 N–H and O–H groups in total. The van der Waals surface area contributed by atoms with Crippen molar-refractivity contribution >= 4 is 5.82 Å². The van der Waals surface area contributed by atoms with E-state index < -0.39 is 0 Å². The number of nitrogens with one attached hydrogen (secondary N) is 1. The molecule has 4 nitrogen and oxygen atoms in total. The van der Waals surface area contributed by atoms with E-state index in [0.717, 1.165) is 25.3 Å². The zero-order valence-corrected chi connectivity index (χ0v) is 11.2. The fourth-order valence-electron chi connectivity index (χ4n) is 2.64. The van der Waals surface area contributed by atoms with E-state index in [1.807, 2.05) is 24.0 Å². The topological polar surface area (TPSA) is 39.1 Å². The largest absolute Gasteiger partial charge is 0.378 e. The molecule has 0 amide bonds. The van der Waals surface area contributed by atoms with E-state index in [1.54, 1.807) is 0 Å². The number of aromatic nitrogens is 2. The van der Waals surface area contributed by atoms with Gasteiger partial charge in [0.15, 0.2) is 0 Å². The van der Waals surface area contributed by atoms with E-state index in [9.17, 15) is 0 Å². The molecule has 1 aliphatic rings. The second-order valence-corrected chi connectivity index (χ2v) is 5.11. The highest BCUT2D eigenvalue weighted by Crippen LogP contribution is 2.47. The van der Waals surface area contributed by atoms with Gasteiger partial charge in [-0.2, -0.15) is 5.10 Å². The van der Waals surface area contributed by atoms with Crippen molar-refractivity contribution in [2.45, 2.75) is 45.8 Å². The Balaban J connectivity index is 1.99. The van der Waals surface area contributed by atoms with E-state index >= 15 is 0 Å². The fraction of sp³-hybridized carbons (Fsp3) is 0.769. The van der Waals surface area contributed by atoms with E-state index in [0.29, 0.717) is 12.1 Å². The van der Waals surface area contributed by atoms with Crippen LogP contribution in [0.4, 0.5) is 5.82 Å². The first-order valence-corrected chi connectivity index (χ1v) is 6.48. The molecule has 0 bridgehead atoms. The molecule has 4 heteroatoms. The van der Waals surface area contributed by atoms with E-state index in [2.05, 4.69) is 31.2 Å². The molecule has 1 aromatic heterocycles. The highest BCUT2D eigenvalue weighted by Gasteiger charge is 2.51. The van der Waals surface area contributed by atoms with Gasteiger partial charge in [0.05, 0.1) is 6.10 Å². The number of ether oxygens (including phenoxy) is 1. The maximum Gasteiger partial charge on any atom is 0.148 e. The van der Waals surface area contributed by atoms with Crippen LogP contribution in [0.5, 0.6) is 0 Å². The quantitative estimate of drug-likeness (QED) is 0.855. The first-order chi connectivity index (χ1) is 8.10. The van der Waals surface area contributed by atoms with Crippen molar-refractivity contribution in [1.29, 1.82) is 0 Å². The van der Waals surface area contributed by atoms with Crippen LogP contribution in [0.3, 0.4) is 0 Å². The Labute approximate surface area is 103 Å². The summed E-state index contributed by atoms with van der Waals surface area (Å²) in [6, 6.07) is 2.49. The van der Waals surface area contributed by atoms with Crippen LogP contribution in [-0.4, -0.2) is 28.5 Å². The number of hydrogen-bond acceptors (Lipinski definition) is 3. The van der Waals surface area contributed by atoms with E-state index in [-0.39, 0.29) is 5.41 Å². The van der Waals surface area contributed by atoms with Crippen molar-refractivity contribution in [3.05, 3.63) is 12.3 Å². The summed E-state index contributed by atoms with van der Waals surface area (Å²) in [4.78, 5) is 0. The van der Waals surface area contributed by atoms with Crippen molar-refractivity contribution in [1.82, 2.24) is 9.78 Å². The summed E-state index contributed by atoms with van der Waals surface area (Å²) in [5.41, 5.74) is 0.230. The predicted molar refractivity (Wildman–Crippen MR) is 69.0 cm³/mol. The van der Waals surface area contributed by atoms with Gasteiger partial charge < -0.3 is 10.1 Å². The third kappa shape index (κ3) is 2.18. The smallest absolute Gasteiger partial charge is 0.148 e. The van der Waals surface area contributed by atoms with Crippen LogP contribution in [0.15, 0.2) is 12.3 Å². The summed E-state index contributed by atoms with van der Waals surface area (Å²) in [7, 11) is 1.94. The molecule has 1 aromatic rings. The summed E-state index contributed by atoms with van der Waals surface area (Å²) < 4.78 is 7.62. The minimum atomic E-state index is 0.230. The molecule has 3 atom stereocenters. The van der Waals surface area contributed by atoms with Gasteiger partial charge in [-0.3, -0.25) is 4.68 Å². The summed E-state index contributed by atoms with van der Waals surface area (Å²) in [6.45, 7) is 7.40. The lowest BCUT2D eigenvalue weighted by atomic mass is 9.61. The Morgan fingerprint density at radius 3 is 2.88 bits per heavy atom. The van der Waals surface area contributed by atoms with E-state index in [4.69, 9.17) is 4.74 Å². The predicted octanol–water partition coefficient (Wildman–Crippen LogP) is 2.43. The van der Waals surface area contributed by atoms with Crippen LogP contribution in [0, 0.1) is 5.41 Å². The average molecular weight is 237 g/mol. The SMILES string of the molecule is CCOC1CC(Nc2ccn(C)n2)C1(C)CC. The van der Waals surface area contributed by atoms with Crippen molar-refractivity contribution in [3.8, 4) is 0 Å². The van der Waals surface area contributed by atoms with Crippen LogP contribution >= 0.6 is 0 Å². The van der Waals surface area contributed by atoms with Crippen LogP contribution in [0.2, 0.25) is 0 Å². The van der Waals surface area contributed by atoms with Gasteiger partial charge >= 0.3 is 0 Å². The summed E-state index contributed by atoms with van der Waals surface area (Å²) in [5.74, 6) is 0.965. The first kappa shape index (κ1) is 12.4. The molecular weight excluding hydrogens is 214 g/mol. The molecule has 1 saturated carbocycles. The molecule has 0 aliphatic heterocycles. The highest BCUT2D eigenvalue weighted by molar-refractivity contribution is 5.36. The summed E-state index contributed by atoms with van der Waals surface area (Å²) in [5, 5.41) is 7.89. The number of nitrogens with zero attached hydrogens (tertiary/aromatic N) is 2. The van der Waals surface area contributed by atoms with E-state index in [1.165, 1.54) is 0 Å². The molecule has 0 aromatic carbocycles. The van der Waals surface area contributed by atoms with Crippen molar-refractivity contribution < 1.29 is 4.74 Å². The molecular formula is C13H23N3O. The van der Waals surface area contributed by atoms with Gasteiger partial charge in [-0.1, -0.05) is 13.8 Å². The molecule has 0 spiro atoms. The van der Waals surface area contributed by atoms with Crippen molar-refractivity contribution in [2.24, 2.45) is 12.5 Å². The van der Waals surface area contributed by atoms with Crippen molar-refractivity contribution in [2.75, 3.05) is 11.9 Å². The zero-order valence-electron chi connectivity index (χ0n) is 11.2. The average Bonchev–Trinajstić information content (AvgIpc) is 2.72. The number of aryl methyl sites for hydroxylation is 1. The molecule has 1 heterocycles. The summed E-state index contributed by atoms with van der Waals surface area (Å²) in [6.07, 6.45) is 4.56. The molecule has 96 valence electrons. The first-order valence-electron chi connectivity index (χ1n) is 6.48. The Morgan fingerprint density at radius 1 is 1.59 bits per heavy atom. The minimum Gasteiger partial charge on any atom is -0.378 e. The summed E-state index contributed by atoms with van der Waals surface area (Å²) >= 11 is 0. The maximum absolute atomic E-state index is 5.79. The van der Waals surface area contributed by atoms with Crippen LogP contribution in [-0.2, 0) is 11.8 Å². The second-order valence-electron chi connectivity index (χ2n) is 5.11. The van der Waals surface area contributed by atoms with Gasteiger partial charge in [0.25, 0.3) is 0 Å². The molecule has 0 saturated heterocycles. The van der Waals surface area contributed by atoms with Crippen molar-refractivity contribution in [3.63, 3.8) is 0 Å². The number of hydrogen-bond donors (Lipinski definition) is 1. The fourth-order valence-corrected chi connectivity index (χ4v) is 2.64. The maximum atomic E-state index is 5.79. The Morgan fingerprint density at radius 2 is 2.35 bits per heavy atom. The molecule has 1 aliphatic carbocycles. The molecule has 2 rings (SSSR count). The van der Waals surface area contributed by atoms with Crippen LogP contribution in [0.25, 0.3) is 0 Å². The third-order valence-corrected chi connectivity index (χ3v) is 4.15. The third-order valence-electron chi connectivity index (χ3n) is 4.15. The van der Waals surface area contributed by atoms with Crippen LogP contribution in [0.1, 0.15) is 33.6 Å². The molecule has 3 unspecified atom stereocenters. The Hall–Kier alpha value is -1.03. The lowest BCUT2D eigenvalue weighted by Gasteiger charge is -2.53. The molecule has 1 fully saturated rings. The van der Waals surface area contributed by atoms with Gasteiger partial charge in [0.1, 0.15) is 5.82 Å². The minimum absolute atomic E-state index is 0.230. The molecule has 0 radical (unpaired) electrons.